The third kappa shape index (κ3) is 4.92. The summed E-state index contributed by atoms with van der Waals surface area (Å²) in [4.78, 5) is 37.7. The molecule has 0 aromatic heterocycles. The Bertz CT molecular complexity index is 1170. The molecule has 0 spiro atoms. The molecule has 3 aromatic carbocycles. The number of likely N-dealkylation sites (N-methyl/N-ethyl adjacent to an activating group) is 1. The predicted molar refractivity (Wildman–Crippen MR) is 125 cm³/mol. The molecular formula is C25H20N2O3S. The first-order chi connectivity index (χ1) is 15.0. The average Bonchev–Trinajstić information content (AvgIpc) is 3.11. The minimum atomic E-state index is -0.364. The third-order valence-electron chi connectivity index (χ3n) is 4.98. The van der Waals surface area contributed by atoms with Gasteiger partial charge in [0.15, 0.2) is 0 Å². The molecule has 0 radical (unpaired) electrons. The molecule has 1 N–H and O–H groups in total. The smallest absolute Gasteiger partial charge is 0.290 e. The predicted octanol–water partition coefficient (Wildman–Crippen LogP) is 4.88. The van der Waals surface area contributed by atoms with Crippen molar-refractivity contribution in [3.05, 3.63) is 94.9 Å². The van der Waals surface area contributed by atoms with E-state index in [1.807, 2.05) is 78.9 Å². The summed E-state index contributed by atoms with van der Waals surface area (Å²) in [7, 11) is 1.78. The maximum Gasteiger partial charge on any atom is 0.290 e. The molecule has 0 unspecified atom stereocenters. The minimum absolute atomic E-state index is 0.0206. The molecule has 0 aliphatic carbocycles. The number of anilines is 1. The second-order valence-electron chi connectivity index (χ2n) is 7.14. The number of thioether (sulfide) groups is 1. The van der Waals surface area contributed by atoms with E-state index in [0.717, 1.165) is 39.7 Å². The van der Waals surface area contributed by atoms with Crippen molar-refractivity contribution in [2.45, 2.75) is 6.42 Å². The molecule has 3 amide bonds. The summed E-state index contributed by atoms with van der Waals surface area (Å²) in [5.41, 5.74) is 4.66. The first-order valence-electron chi connectivity index (χ1n) is 9.75. The highest BCUT2D eigenvalue weighted by atomic mass is 32.2. The van der Waals surface area contributed by atoms with Gasteiger partial charge in [-0.25, -0.2) is 0 Å². The van der Waals surface area contributed by atoms with E-state index in [2.05, 4.69) is 5.32 Å². The van der Waals surface area contributed by atoms with E-state index < -0.39 is 0 Å². The molecule has 0 bridgehead atoms. The second-order valence-corrected chi connectivity index (χ2v) is 8.15. The number of carbonyl (C=O) groups is 3. The zero-order chi connectivity index (χ0) is 21.8. The Labute approximate surface area is 184 Å². The van der Waals surface area contributed by atoms with Crippen LogP contribution in [0.5, 0.6) is 0 Å². The number of carbonyl (C=O) groups excluding carboxylic acids is 3. The van der Waals surface area contributed by atoms with Crippen LogP contribution in [0.15, 0.2) is 83.8 Å². The lowest BCUT2D eigenvalue weighted by atomic mass is 10.00. The van der Waals surface area contributed by atoms with Gasteiger partial charge < -0.3 is 4.90 Å². The molecule has 5 nitrogen and oxygen atoms in total. The maximum atomic E-state index is 12.7. The van der Waals surface area contributed by atoms with E-state index >= 15 is 0 Å². The number of para-hydroxylation sites is 1. The Morgan fingerprint density at radius 2 is 1.68 bits per heavy atom. The van der Waals surface area contributed by atoms with Crippen molar-refractivity contribution >= 4 is 40.6 Å². The van der Waals surface area contributed by atoms with Gasteiger partial charge in [0.1, 0.15) is 0 Å². The van der Waals surface area contributed by atoms with Gasteiger partial charge >= 0.3 is 0 Å². The molecule has 4 rings (SSSR count). The van der Waals surface area contributed by atoms with Gasteiger partial charge in [-0.05, 0) is 52.2 Å². The van der Waals surface area contributed by atoms with Crippen molar-refractivity contribution in [1.82, 2.24) is 5.32 Å². The molecule has 1 saturated heterocycles. The minimum Gasteiger partial charge on any atom is -0.315 e. The van der Waals surface area contributed by atoms with Crippen LogP contribution in [-0.2, 0) is 16.0 Å². The van der Waals surface area contributed by atoms with Gasteiger partial charge in [0.05, 0.1) is 11.3 Å². The lowest BCUT2D eigenvalue weighted by Crippen LogP contribution is -2.27. The van der Waals surface area contributed by atoms with Crippen molar-refractivity contribution in [1.29, 1.82) is 0 Å². The summed E-state index contributed by atoms with van der Waals surface area (Å²) in [6.45, 7) is 0. The zero-order valence-electron chi connectivity index (χ0n) is 16.9. The Morgan fingerprint density at radius 1 is 0.935 bits per heavy atom. The number of amides is 3. The molecule has 1 aliphatic rings. The summed E-state index contributed by atoms with van der Waals surface area (Å²) >= 11 is 0.903. The highest BCUT2D eigenvalue weighted by Crippen LogP contribution is 2.27. The normalized spacial score (nSPS) is 14.5. The number of imide groups is 1. The molecule has 31 heavy (non-hydrogen) atoms. The molecule has 1 fully saturated rings. The van der Waals surface area contributed by atoms with Crippen LogP contribution in [0.3, 0.4) is 0 Å². The molecule has 3 aromatic rings. The molecule has 154 valence electrons. The van der Waals surface area contributed by atoms with Crippen LogP contribution in [-0.4, -0.2) is 24.1 Å². The first-order valence-corrected chi connectivity index (χ1v) is 10.6. The maximum absolute atomic E-state index is 12.7. The van der Waals surface area contributed by atoms with Gasteiger partial charge in [-0.2, -0.15) is 0 Å². The monoisotopic (exact) mass is 428 g/mol. The highest BCUT2D eigenvalue weighted by Gasteiger charge is 2.24. The van der Waals surface area contributed by atoms with E-state index in [9.17, 15) is 14.4 Å². The molecule has 6 heteroatoms. The van der Waals surface area contributed by atoms with Crippen LogP contribution in [0, 0.1) is 0 Å². The fraction of sp³-hybridized carbons (Fsp3) is 0.0800. The van der Waals surface area contributed by atoms with Gasteiger partial charge in [-0.1, -0.05) is 66.7 Å². The number of hydrogen-bond acceptors (Lipinski definition) is 4. The van der Waals surface area contributed by atoms with Crippen LogP contribution in [0.4, 0.5) is 10.5 Å². The van der Waals surface area contributed by atoms with E-state index in [1.165, 1.54) is 0 Å². The zero-order valence-corrected chi connectivity index (χ0v) is 17.7. The summed E-state index contributed by atoms with van der Waals surface area (Å²) in [6.07, 6.45) is 2.01. The van der Waals surface area contributed by atoms with E-state index in [-0.39, 0.29) is 17.1 Å². The summed E-state index contributed by atoms with van der Waals surface area (Å²) < 4.78 is 0. The molecule has 1 aliphatic heterocycles. The van der Waals surface area contributed by atoms with E-state index in [4.69, 9.17) is 0 Å². The summed E-state index contributed by atoms with van der Waals surface area (Å²) in [5.74, 6) is -0.343. The number of nitrogens with one attached hydrogen (secondary N) is 1. The van der Waals surface area contributed by atoms with Crippen LogP contribution in [0.25, 0.3) is 17.2 Å². The van der Waals surface area contributed by atoms with Gasteiger partial charge in [0.25, 0.3) is 11.1 Å². The molecule has 0 atom stereocenters. The van der Waals surface area contributed by atoms with E-state index in [0.29, 0.717) is 11.3 Å². The largest absolute Gasteiger partial charge is 0.315 e. The SMILES string of the molecule is CN(C(=O)Cc1cccc(-c2ccc(C=C3SC(=O)NC3=O)cc2)c1)c1ccccc1. The Hall–Kier alpha value is -3.64. The van der Waals surface area contributed by atoms with Crippen LogP contribution in [0.1, 0.15) is 11.1 Å². The lowest BCUT2D eigenvalue weighted by Gasteiger charge is -2.17. The summed E-state index contributed by atoms with van der Waals surface area (Å²) in [6, 6.07) is 25.2. The average molecular weight is 429 g/mol. The molecule has 0 saturated carbocycles. The van der Waals surface area contributed by atoms with Gasteiger partial charge in [-0.15, -0.1) is 0 Å². The van der Waals surface area contributed by atoms with Crippen molar-refractivity contribution in [2.24, 2.45) is 0 Å². The standard InChI is InChI=1S/C25H20N2O3S/c1-27(21-8-3-2-4-9-21)23(28)16-18-6-5-7-20(14-18)19-12-10-17(11-13-19)15-22-24(29)26-25(30)31-22/h2-15H,16H2,1H3,(H,26,29,30). The van der Waals surface area contributed by atoms with Gasteiger partial charge in [0.2, 0.25) is 5.91 Å². The third-order valence-corrected chi connectivity index (χ3v) is 5.79. The number of rotatable bonds is 5. The first kappa shape index (κ1) is 20.6. The van der Waals surface area contributed by atoms with Crippen molar-refractivity contribution < 1.29 is 14.4 Å². The Kier molecular flexibility index (Phi) is 6.00. The highest BCUT2D eigenvalue weighted by molar-refractivity contribution is 8.18. The number of benzene rings is 3. The second kappa shape index (κ2) is 9.02. The van der Waals surface area contributed by atoms with Crippen molar-refractivity contribution in [3.63, 3.8) is 0 Å². The van der Waals surface area contributed by atoms with Crippen LogP contribution in [0.2, 0.25) is 0 Å². The van der Waals surface area contributed by atoms with Crippen LogP contribution >= 0.6 is 11.8 Å². The van der Waals surface area contributed by atoms with Crippen LogP contribution < -0.4 is 10.2 Å². The molecule has 1 heterocycles. The Morgan fingerprint density at radius 3 is 2.35 bits per heavy atom. The van der Waals surface area contributed by atoms with Gasteiger partial charge in [-0.3, -0.25) is 19.7 Å². The van der Waals surface area contributed by atoms with Gasteiger partial charge in [0, 0.05) is 12.7 Å². The lowest BCUT2D eigenvalue weighted by molar-refractivity contribution is -0.117. The topological polar surface area (TPSA) is 66.5 Å². The fourth-order valence-electron chi connectivity index (χ4n) is 3.29. The molecular weight excluding hydrogens is 408 g/mol. The van der Waals surface area contributed by atoms with Crippen molar-refractivity contribution in [3.8, 4) is 11.1 Å². The van der Waals surface area contributed by atoms with Crippen molar-refractivity contribution in [2.75, 3.05) is 11.9 Å². The quantitative estimate of drug-likeness (QED) is 0.588. The number of nitrogens with zero attached hydrogens (tertiary/aromatic N) is 1. The van der Waals surface area contributed by atoms with E-state index in [1.54, 1.807) is 18.0 Å². The fourth-order valence-corrected chi connectivity index (χ4v) is 3.98. The number of hydrogen-bond donors (Lipinski definition) is 1. The Balaban J connectivity index is 1.48. The summed E-state index contributed by atoms with van der Waals surface area (Å²) in [5, 5.41) is 1.90.